The van der Waals surface area contributed by atoms with Crippen LogP contribution in [-0.2, 0) is 4.79 Å². The van der Waals surface area contributed by atoms with E-state index in [0.717, 1.165) is 0 Å². The third-order valence-electron chi connectivity index (χ3n) is 3.51. The molecular weight excluding hydrogens is 323 g/mol. The van der Waals surface area contributed by atoms with Gasteiger partial charge < -0.3 is 10.6 Å². The summed E-state index contributed by atoms with van der Waals surface area (Å²) in [5.74, 6) is -0.970. The Morgan fingerprint density at radius 1 is 1.16 bits per heavy atom. The van der Waals surface area contributed by atoms with Crippen molar-refractivity contribution in [2.45, 2.75) is 40.2 Å². The van der Waals surface area contributed by atoms with Crippen LogP contribution in [0.15, 0.2) is 24.3 Å². The average Bonchev–Trinajstić information content (AvgIpc) is 2.79. The van der Waals surface area contributed by atoms with Crippen molar-refractivity contribution in [3.63, 3.8) is 0 Å². The van der Waals surface area contributed by atoms with Crippen molar-refractivity contribution in [2.24, 2.45) is 0 Å². The van der Waals surface area contributed by atoms with Crippen LogP contribution >= 0.6 is 0 Å². The monoisotopic (exact) mass is 346 g/mol. The van der Waals surface area contributed by atoms with Gasteiger partial charge in [0.1, 0.15) is 5.82 Å². The molecule has 0 unspecified atom stereocenters. The molecule has 0 radical (unpaired) electrons. The minimum atomic E-state index is -0.368. The zero-order chi connectivity index (χ0) is 18.8. The van der Waals surface area contributed by atoms with Gasteiger partial charge in [0.05, 0.1) is 29.2 Å². The lowest BCUT2D eigenvalue weighted by Gasteiger charge is -2.20. The SMILES string of the molecule is Cc1nn(-c2ccc(F)cc2)c(C)c1C(=O)NCC(=O)NC(C)(C)C. The Balaban J connectivity index is 2.15. The predicted octanol–water partition coefficient (Wildman–Crippen LogP) is 2.27. The number of aromatic nitrogens is 2. The van der Waals surface area contributed by atoms with Gasteiger partial charge in [0.2, 0.25) is 5.91 Å². The molecule has 0 aliphatic heterocycles. The highest BCUT2D eigenvalue weighted by atomic mass is 19.1. The van der Waals surface area contributed by atoms with Crippen molar-refractivity contribution in [3.05, 3.63) is 47.0 Å². The number of nitrogens with zero attached hydrogens (tertiary/aromatic N) is 2. The molecule has 0 fully saturated rings. The van der Waals surface area contributed by atoms with E-state index in [2.05, 4.69) is 15.7 Å². The molecule has 0 saturated carbocycles. The van der Waals surface area contributed by atoms with Gasteiger partial charge in [-0.25, -0.2) is 9.07 Å². The molecule has 2 rings (SSSR count). The van der Waals surface area contributed by atoms with Crippen molar-refractivity contribution in [3.8, 4) is 5.69 Å². The van der Waals surface area contributed by atoms with Gasteiger partial charge in [-0.1, -0.05) is 0 Å². The van der Waals surface area contributed by atoms with Crippen LogP contribution in [0.5, 0.6) is 0 Å². The van der Waals surface area contributed by atoms with Gasteiger partial charge in [0.25, 0.3) is 5.91 Å². The molecule has 0 atom stereocenters. The molecule has 1 aromatic carbocycles. The van der Waals surface area contributed by atoms with Crippen LogP contribution in [0.25, 0.3) is 5.69 Å². The molecule has 25 heavy (non-hydrogen) atoms. The Morgan fingerprint density at radius 2 is 1.76 bits per heavy atom. The van der Waals surface area contributed by atoms with Crippen LogP contribution in [0.1, 0.15) is 42.5 Å². The Morgan fingerprint density at radius 3 is 2.32 bits per heavy atom. The predicted molar refractivity (Wildman–Crippen MR) is 93.2 cm³/mol. The van der Waals surface area contributed by atoms with E-state index in [1.807, 2.05) is 20.8 Å². The van der Waals surface area contributed by atoms with E-state index in [4.69, 9.17) is 0 Å². The number of hydrogen-bond acceptors (Lipinski definition) is 3. The Labute approximate surface area is 146 Å². The highest BCUT2D eigenvalue weighted by Gasteiger charge is 2.21. The molecule has 1 heterocycles. The second-order valence-corrected chi connectivity index (χ2v) is 6.91. The maximum Gasteiger partial charge on any atom is 0.255 e. The Bertz CT molecular complexity index is 789. The van der Waals surface area contributed by atoms with Crippen LogP contribution in [0.4, 0.5) is 4.39 Å². The molecule has 0 aliphatic rings. The number of benzene rings is 1. The number of carbonyl (C=O) groups is 2. The lowest BCUT2D eigenvalue weighted by Crippen LogP contribution is -2.45. The summed E-state index contributed by atoms with van der Waals surface area (Å²) in [7, 11) is 0. The van der Waals surface area contributed by atoms with E-state index < -0.39 is 0 Å². The van der Waals surface area contributed by atoms with Crippen molar-refractivity contribution in [1.29, 1.82) is 0 Å². The molecule has 2 aromatic rings. The van der Waals surface area contributed by atoms with Gasteiger partial charge in [0.15, 0.2) is 0 Å². The summed E-state index contributed by atoms with van der Waals surface area (Å²) in [5, 5.41) is 9.74. The van der Waals surface area contributed by atoms with Gasteiger partial charge >= 0.3 is 0 Å². The Hall–Kier alpha value is -2.70. The zero-order valence-corrected chi connectivity index (χ0v) is 15.1. The molecule has 134 valence electrons. The van der Waals surface area contributed by atoms with Crippen LogP contribution in [0, 0.1) is 19.7 Å². The minimum Gasteiger partial charge on any atom is -0.350 e. The van der Waals surface area contributed by atoms with Crippen molar-refractivity contribution >= 4 is 11.8 Å². The largest absolute Gasteiger partial charge is 0.350 e. The quantitative estimate of drug-likeness (QED) is 0.892. The second-order valence-electron chi connectivity index (χ2n) is 6.91. The van der Waals surface area contributed by atoms with Gasteiger partial charge in [-0.05, 0) is 58.9 Å². The first kappa shape index (κ1) is 18.6. The summed E-state index contributed by atoms with van der Waals surface area (Å²) in [5.41, 5.74) is 1.87. The normalized spacial score (nSPS) is 11.3. The van der Waals surface area contributed by atoms with E-state index in [1.165, 1.54) is 12.1 Å². The number of halogens is 1. The first-order chi connectivity index (χ1) is 11.6. The smallest absolute Gasteiger partial charge is 0.255 e. The third-order valence-corrected chi connectivity index (χ3v) is 3.51. The van der Waals surface area contributed by atoms with E-state index >= 15 is 0 Å². The van der Waals surface area contributed by atoms with Crippen LogP contribution < -0.4 is 10.6 Å². The number of rotatable bonds is 4. The lowest BCUT2D eigenvalue weighted by atomic mass is 10.1. The summed E-state index contributed by atoms with van der Waals surface area (Å²) in [6.07, 6.45) is 0. The summed E-state index contributed by atoms with van der Waals surface area (Å²) < 4.78 is 14.7. The fourth-order valence-electron chi connectivity index (χ4n) is 2.52. The van der Waals surface area contributed by atoms with E-state index in [9.17, 15) is 14.0 Å². The summed E-state index contributed by atoms with van der Waals surface area (Å²) >= 11 is 0. The molecule has 0 aliphatic carbocycles. The molecular formula is C18H23FN4O2. The maximum absolute atomic E-state index is 13.1. The number of amides is 2. The van der Waals surface area contributed by atoms with Gasteiger partial charge in [-0.2, -0.15) is 5.10 Å². The van der Waals surface area contributed by atoms with Crippen molar-refractivity contribution in [1.82, 2.24) is 20.4 Å². The van der Waals surface area contributed by atoms with E-state index in [0.29, 0.717) is 22.6 Å². The van der Waals surface area contributed by atoms with Crippen LogP contribution in [-0.4, -0.2) is 33.7 Å². The Kier molecular flexibility index (Phi) is 5.25. The molecule has 0 bridgehead atoms. The first-order valence-corrected chi connectivity index (χ1v) is 8.00. The lowest BCUT2D eigenvalue weighted by molar-refractivity contribution is -0.121. The molecule has 0 spiro atoms. The number of carbonyl (C=O) groups excluding carboxylic acids is 2. The van der Waals surface area contributed by atoms with Gasteiger partial charge in [-0.3, -0.25) is 9.59 Å². The molecule has 2 N–H and O–H groups in total. The topological polar surface area (TPSA) is 76.0 Å². The highest BCUT2D eigenvalue weighted by Crippen LogP contribution is 2.18. The summed E-state index contributed by atoms with van der Waals surface area (Å²) in [6.45, 7) is 8.97. The number of nitrogens with one attached hydrogen (secondary N) is 2. The fraction of sp³-hybridized carbons (Fsp3) is 0.389. The summed E-state index contributed by atoms with van der Waals surface area (Å²) in [6, 6.07) is 5.85. The minimum absolute atomic E-state index is 0.114. The van der Waals surface area contributed by atoms with Crippen LogP contribution in [0.2, 0.25) is 0 Å². The standard InChI is InChI=1S/C18H23FN4O2/c1-11-16(17(25)20-10-15(24)21-18(3,4)5)12(2)23(22-11)14-8-6-13(19)7-9-14/h6-9H,10H2,1-5H3,(H,20,25)(H,21,24). The molecule has 2 amide bonds. The van der Waals surface area contributed by atoms with Crippen molar-refractivity contribution in [2.75, 3.05) is 6.54 Å². The zero-order valence-electron chi connectivity index (χ0n) is 15.1. The van der Waals surface area contributed by atoms with Crippen LogP contribution in [0.3, 0.4) is 0 Å². The number of hydrogen-bond donors (Lipinski definition) is 2. The number of aryl methyl sites for hydroxylation is 1. The first-order valence-electron chi connectivity index (χ1n) is 8.00. The molecule has 7 heteroatoms. The maximum atomic E-state index is 13.1. The summed E-state index contributed by atoms with van der Waals surface area (Å²) in [4.78, 5) is 24.3. The third kappa shape index (κ3) is 4.65. The second kappa shape index (κ2) is 7.04. The van der Waals surface area contributed by atoms with E-state index in [1.54, 1.807) is 30.7 Å². The highest BCUT2D eigenvalue weighted by molar-refractivity contribution is 5.98. The van der Waals surface area contributed by atoms with Crippen molar-refractivity contribution < 1.29 is 14.0 Å². The molecule has 0 saturated heterocycles. The van der Waals surface area contributed by atoms with Gasteiger partial charge in [0, 0.05) is 5.54 Å². The van der Waals surface area contributed by atoms with E-state index in [-0.39, 0.29) is 29.7 Å². The molecule has 1 aromatic heterocycles. The molecule has 6 nitrogen and oxygen atoms in total. The fourth-order valence-corrected chi connectivity index (χ4v) is 2.52. The average molecular weight is 346 g/mol. The van der Waals surface area contributed by atoms with Gasteiger partial charge in [-0.15, -0.1) is 0 Å².